The second kappa shape index (κ2) is 10.5. The molecular formula is C31H18N8O2. The largest absolute Gasteiger partial charge is 0.415 e. The van der Waals surface area contributed by atoms with Crippen LogP contribution >= 0.6 is 0 Å². The van der Waals surface area contributed by atoms with Gasteiger partial charge in [-0.2, -0.15) is 0 Å². The fourth-order valence-electron chi connectivity index (χ4n) is 4.08. The second-order valence-corrected chi connectivity index (χ2v) is 8.72. The van der Waals surface area contributed by atoms with E-state index in [1.54, 1.807) is 30.5 Å². The summed E-state index contributed by atoms with van der Waals surface area (Å²) in [6.45, 7) is 0. The third-order valence-electron chi connectivity index (χ3n) is 6.02. The van der Waals surface area contributed by atoms with Crippen LogP contribution in [-0.4, -0.2) is 41.9 Å². The van der Waals surface area contributed by atoms with Gasteiger partial charge >= 0.3 is 0 Å². The average Bonchev–Trinajstić information content (AvgIpc) is 3.75. The molecule has 2 aliphatic heterocycles. The van der Waals surface area contributed by atoms with Crippen LogP contribution in [-0.2, 0) is 0 Å². The van der Waals surface area contributed by atoms with Crippen molar-refractivity contribution in [3.8, 4) is 34.5 Å². The normalized spacial score (nSPS) is 14.0. The van der Waals surface area contributed by atoms with Crippen LogP contribution in [0.4, 0.5) is 0 Å². The molecule has 0 aliphatic carbocycles. The Morgan fingerprint density at radius 3 is 2.29 bits per heavy atom. The van der Waals surface area contributed by atoms with Crippen molar-refractivity contribution in [1.82, 2.24) is 29.9 Å². The van der Waals surface area contributed by atoms with E-state index < -0.39 is 0 Å². The third-order valence-corrected chi connectivity index (χ3v) is 6.02. The molecule has 0 unspecified atom stereocenters. The van der Waals surface area contributed by atoms with Gasteiger partial charge in [-0.05, 0) is 72.8 Å². The first-order chi connectivity index (χ1) is 20.3. The van der Waals surface area contributed by atoms with Crippen LogP contribution in [0.25, 0.3) is 46.0 Å². The van der Waals surface area contributed by atoms with Gasteiger partial charge in [0.15, 0.2) is 5.82 Å². The minimum atomic E-state index is 0.286. The smallest absolute Gasteiger partial charge is 0.266 e. The number of benzene rings is 1. The van der Waals surface area contributed by atoms with E-state index >= 15 is 0 Å². The summed E-state index contributed by atoms with van der Waals surface area (Å²) in [4.78, 5) is 13.7. The number of aromatic nitrogens is 6. The Labute approximate surface area is 233 Å². The maximum absolute atomic E-state index is 6.00. The van der Waals surface area contributed by atoms with Crippen LogP contribution in [0.1, 0.15) is 11.6 Å². The SMILES string of the molecule is C1=CC=NC(c2cccc(-c3nnc(-c4cccc(-c5nnc(C6=NC(n7cccc7)=C=CC=C6)o5)c4)o3)n2)=CC=1. The van der Waals surface area contributed by atoms with E-state index in [4.69, 9.17) is 8.83 Å². The Hall–Kier alpha value is -6.21. The number of pyridine rings is 1. The molecule has 1 aromatic carbocycles. The Morgan fingerprint density at radius 1 is 0.707 bits per heavy atom. The lowest BCUT2D eigenvalue weighted by atomic mass is 10.1. The molecule has 0 saturated heterocycles. The van der Waals surface area contributed by atoms with Crippen LogP contribution in [0, 0.1) is 0 Å². The molecule has 41 heavy (non-hydrogen) atoms. The Kier molecular flexibility index (Phi) is 6.12. The highest BCUT2D eigenvalue weighted by molar-refractivity contribution is 6.07. The third kappa shape index (κ3) is 4.98. The minimum Gasteiger partial charge on any atom is -0.415 e. The summed E-state index contributed by atoms with van der Waals surface area (Å²) in [5, 5.41) is 16.9. The molecule has 2 aliphatic rings. The number of hydrogen-bond acceptors (Lipinski definition) is 9. The second-order valence-electron chi connectivity index (χ2n) is 8.72. The first-order valence-corrected chi connectivity index (χ1v) is 12.6. The summed E-state index contributed by atoms with van der Waals surface area (Å²) in [5.41, 5.74) is 9.96. The van der Waals surface area contributed by atoms with E-state index in [1.807, 2.05) is 83.7 Å². The van der Waals surface area contributed by atoms with Crippen LogP contribution in [0.15, 0.2) is 134 Å². The molecule has 0 bridgehead atoms. The van der Waals surface area contributed by atoms with Gasteiger partial charge in [0.25, 0.3) is 11.8 Å². The monoisotopic (exact) mass is 534 g/mol. The zero-order valence-corrected chi connectivity index (χ0v) is 21.3. The summed E-state index contributed by atoms with van der Waals surface area (Å²) >= 11 is 0. The molecule has 0 atom stereocenters. The molecule has 4 aromatic heterocycles. The van der Waals surface area contributed by atoms with Crippen molar-refractivity contribution in [2.24, 2.45) is 9.98 Å². The van der Waals surface area contributed by atoms with Gasteiger partial charge in [-0.15, -0.1) is 26.1 Å². The minimum absolute atomic E-state index is 0.286. The van der Waals surface area contributed by atoms with E-state index in [2.05, 4.69) is 46.8 Å². The summed E-state index contributed by atoms with van der Waals surface area (Å²) in [6.07, 6.45) is 16.2. The highest BCUT2D eigenvalue weighted by Crippen LogP contribution is 2.28. The first-order valence-electron chi connectivity index (χ1n) is 12.6. The lowest BCUT2D eigenvalue weighted by Crippen LogP contribution is -1.99. The summed E-state index contributed by atoms with van der Waals surface area (Å²) in [5.74, 6) is 1.84. The quantitative estimate of drug-likeness (QED) is 0.253. The molecule has 10 nitrogen and oxygen atoms in total. The molecule has 7 rings (SSSR count). The van der Waals surface area contributed by atoms with E-state index in [9.17, 15) is 0 Å². The zero-order chi connectivity index (χ0) is 27.4. The molecule has 194 valence electrons. The summed E-state index contributed by atoms with van der Waals surface area (Å²) in [6, 6.07) is 16.8. The highest BCUT2D eigenvalue weighted by atomic mass is 16.4. The zero-order valence-electron chi connectivity index (χ0n) is 21.3. The molecular weight excluding hydrogens is 516 g/mol. The van der Waals surface area contributed by atoms with E-state index in [1.165, 1.54) is 0 Å². The van der Waals surface area contributed by atoms with Gasteiger partial charge in [0.2, 0.25) is 11.8 Å². The number of hydrogen-bond donors (Lipinski definition) is 0. The average molecular weight is 535 g/mol. The predicted molar refractivity (Wildman–Crippen MR) is 153 cm³/mol. The van der Waals surface area contributed by atoms with Crippen molar-refractivity contribution in [3.05, 3.63) is 126 Å². The number of aliphatic imine (C=N–C) groups is 2. The van der Waals surface area contributed by atoms with Crippen molar-refractivity contribution >= 4 is 23.4 Å². The van der Waals surface area contributed by atoms with Crippen molar-refractivity contribution in [2.45, 2.75) is 0 Å². The first kappa shape index (κ1) is 23.9. The van der Waals surface area contributed by atoms with Gasteiger partial charge in [0.1, 0.15) is 11.4 Å². The van der Waals surface area contributed by atoms with Gasteiger partial charge in [0, 0.05) is 29.7 Å². The number of nitrogens with zero attached hydrogens (tertiary/aromatic N) is 8. The maximum atomic E-state index is 6.00. The van der Waals surface area contributed by atoms with Crippen molar-refractivity contribution in [1.29, 1.82) is 0 Å². The fraction of sp³-hybridized carbons (Fsp3) is 0. The Morgan fingerprint density at radius 2 is 1.44 bits per heavy atom. The highest BCUT2D eigenvalue weighted by Gasteiger charge is 2.17. The summed E-state index contributed by atoms with van der Waals surface area (Å²) in [7, 11) is 0. The topological polar surface area (TPSA) is 120 Å². The Balaban J connectivity index is 1.15. The standard InChI is InChI=1S/C31H18N8O2/c1-2-12-23(32-17-5-1)24-14-9-15-25(33-24)30-37-35-28(40-30)21-10-8-11-22(20-21)29-36-38-31(41-29)26-13-3-4-16-27(34-26)39-18-6-7-19-39/h2-15,17-20H. The van der Waals surface area contributed by atoms with E-state index in [-0.39, 0.29) is 11.8 Å². The van der Waals surface area contributed by atoms with Crippen LogP contribution < -0.4 is 0 Å². The van der Waals surface area contributed by atoms with Crippen LogP contribution in [0.3, 0.4) is 0 Å². The molecule has 6 heterocycles. The molecule has 10 heteroatoms. The molecule has 0 N–H and O–H groups in total. The van der Waals surface area contributed by atoms with Crippen molar-refractivity contribution in [2.75, 3.05) is 0 Å². The molecule has 5 aromatic rings. The predicted octanol–water partition coefficient (Wildman–Crippen LogP) is 5.80. The lowest BCUT2D eigenvalue weighted by Gasteiger charge is -2.02. The molecule has 0 fully saturated rings. The molecule has 0 amide bonds. The van der Waals surface area contributed by atoms with Gasteiger partial charge in [-0.25, -0.2) is 9.98 Å². The fourth-order valence-corrected chi connectivity index (χ4v) is 4.08. The molecule has 0 spiro atoms. The van der Waals surface area contributed by atoms with Gasteiger partial charge in [-0.3, -0.25) is 4.99 Å². The molecule has 0 radical (unpaired) electrons. The number of allylic oxidation sites excluding steroid dienone is 5. The van der Waals surface area contributed by atoms with Gasteiger partial charge in [-0.1, -0.05) is 23.9 Å². The van der Waals surface area contributed by atoms with Gasteiger partial charge in [0.05, 0.1) is 11.4 Å². The Bertz CT molecular complexity index is 2020. The lowest BCUT2D eigenvalue weighted by molar-refractivity contribution is 0.559. The van der Waals surface area contributed by atoms with Crippen molar-refractivity contribution in [3.63, 3.8) is 0 Å². The van der Waals surface area contributed by atoms with Crippen molar-refractivity contribution < 1.29 is 8.83 Å². The van der Waals surface area contributed by atoms with Crippen LogP contribution in [0.5, 0.6) is 0 Å². The van der Waals surface area contributed by atoms with E-state index in [0.717, 1.165) is 0 Å². The van der Waals surface area contributed by atoms with Gasteiger partial charge < -0.3 is 13.4 Å². The van der Waals surface area contributed by atoms with Crippen LogP contribution in [0.2, 0.25) is 0 Å². The number of rotatable bonds is 6. The summed E-state index contributed by atoms with van der Waals surface area (Å²) < 4.78 is 13.9. The molecule has 0 saturated carbocycles. The maximum Gasteiger partial charge on any atom is 0.266 e. The van der Waals surface area contributed by atoms with E-state index in [0.29, 0.717) is 51.5 Å².